The summed E-state index contributed by atoms with van der Waals surface area (Å²) in [7, 11) is 0. The predicted molar refractivity (Wildman–Crippen MR) is 89.2 cm³/mol. The van der Waals surface area contributed by atoms with Crippen molar-refractivity contribution in [2.24, 2.45) is 5.92 Å². The third kappa shape index (κ3) is 3.56. The van der Waals surface area contributed by atoms with Crippen LogP contribution in [0.4, 0.5) is 5.69 Å². The van der Waals surface area contributed by atoms with Crippen LogP contribution in [0.25, 0.3) is 0 Å². The Hall–Kier alpha value is -0.540. The molecule has 1 heterocycles. The Labute approximate surface area is 131 Å². The molecule has 2 fully saturated rings. The molecule has 0 atom stereocenters. The summed E-state index contributed by atoms with van der Waals surface area (Å²) < 4.78 is 1.19. The SMILES string of the molecule is CCC1CCN(c2cc(Br)ccc2CNC2CC2)CC1. The highest BCUT2D eigenvalue weighted by Crippen LogP contribution is 2.30. The van der Waals surface area contributed by atoms with Crippen LogP contribution in [0, 0.1) is 5.92 Å². The van der Waals surface area contributed by atoms with Crippen molar-refractivity contribution in [2.45, 2.75) is 51.6 Å². The average Bonchev–Trinajstić information content (AvgIpc) is 3.30. The van der Waals surface area contributed by atoms with Crippen molar-refractivity contribution in [3.05, 3.63) is 28.2 Å². The topological polar surface area (TPSA) is 15.3 Å². The predicted octanol–water partition coefficient (Wildman–Crippen LogP) is 4.33. The first-order valence-electron chi connectivity index (χ1n) is 8.03. The van der Waals surface area contributed by atoms with Gasteiger partial charge in [-0.2, -0.15) is 0 Å². The van der Waals surface area contributed by atoms with Crippen molar-refractivity contribution < 1.29 is 0 Å². The molecule has 110 valence electrons. The van der Waals surface area contributed by atoms with Crippen LogP contribution in [0.2, 0.25) is 0 Å². The van der Waals surface area contributed by atoms with E-state index in [1.165, 1.54) is 60.9 Å². The van der Waals surface area contributed by atoms with E-state index in [4.69, 9.17) is 0 Å². The molecular weight excluding hydrogens is 312 g/mol. The minimum absolute atomic E-state index is 0.775. The zero-order valence-corrected chi connectivity index (χ0v) is 14.0. The number of halogens is 1. The Morgan fingerprint density at radius 3 is 2.60 bits per heavy atom. The molecule has 2 nitrogen and oxygen atoms in total. The summed E-state index contributed by atoms with van der Waals surface area (Å²) in [5.41, 5.74) is 2.89. The van der Waals surface area contributed by atoms with Crippen LogP contribution >= 0.6 is 15.9 Å². The molecule has 0 aromatic heterocycles. The van der Waals surface area contributed by atoms with Crippen LogP contribution in [0.5, 0.6) is 0 Å². The molecule has 0 unspecified atom stereocenters. The van der Waals surface area contributed by atoms with Crippen LogP contribution in [-0.4, -0.2) is 19.1 Å². The lowest BCUT2D eigenvalue weighted by atomic mass is 9.94. The number of hydrogen-bond donors (Lipinski definition) is 1. The summed E-state index contributed by atoms with van der Waals surface area (Å²) in [6.45, 7) is 5.77. The first kappa shape index (κ1) is 14.4. The van der Waals surface area contributed by atoms with Crippen LogP contribution in [0.1, 0.15) is 44.6 Å². The monoisotopic (exact) mass is 336 g/mol. The van der Waals surface area contributed by atoms with E-state index in [1.807, 2.05) is 0 Å². The standard InChI is InChI=1S/C17H25BrN2/c1-2-13-7-9-20(10-8-13)17-11-15(18)4-3-14(17)12-19-16-5-6-16/h3-4,11,13,16,19H,2,5-10,12H2,1H3. The van der Waals surface area contributed by atoms with Crippen molar-refractivity contribution in [3.8, 4) is 0 Å². The quantitative estimate of drug-likeness (QED) is 0.860. The summed E-state index contributed by atoms with van der Waals surface area (Å²) in [6, 6.07) is 7.53. The maximum atomic E-state index is 3.65. The maximum absolute atomic E-state index is 3.65. The van der Waals surface area contributed by atoms with Crippen molar-refractivity contribution in [3.63, 3.8) is 0 Å². The van der Waals surface area contributed by atoms with Gasteiger partial charge in [0.1, 0.15) is 0 Å². The van der Waals surface area contributed by atoms with Crippen LogP contribution in [0.3, 0.4) is 0 Å². The van der Waals surface area contributed by atoms with Gasteiger partial charge >= 0.3 is 0 Å². The van der Waals surface area contributed by atoms with Crippen molar-refractivity contribution >= 4 is 21.6 Å². The van der Waals surface area contributed by atoms with Gasteiger partial charge in [0.05, 0.1) is 0 Å². The Morgan fingerprint density at radius 2 is 1.95 bits per heavy atom. The Morgan fingerprint density at radius 1 is 1.20 bits per heavy atom. The molecule has 0 amide bonds. The lowest BCUT2D eigenvalue weighted by Gasteiger charge is -2.34. The zero-order valence-electron chi connectivity index (χ0n) is 12.4. The summed E-state index contributed by atoms with van der Waals surface area (Å²) in [5, 5.41) is 3.65. The normalized spacial score (nSPS) is 20.4. The van der Waals surface area contributed by atoms with Gasteiger partial charge in [0.15, 0.2) is 0 Å². The molecule has 1 aromatic rings. The highest BCUT2D eigenvalue weighted by atomic mass is 79.9. The number of rotatable bonds is 5. The highest BCUT2D eigenvalue weighted by Gasteiger charge is 2.23. The largest absolute Gasteiger partial charge is 0.371 e. The lowest BCUT2D eigenvalue weighted by molar-refractivity contribution is 0.394. The molecule has 2 aliphatic rings. The maximum Gasteiger partial charge on any atom is 0.0423 e. The third-order valence-electron chi connectivity index (χ3n) is 4.74. The number of nitrogens with one attached hydrogen (secondary N) is 1. The van der Waals surface area contributed by atoms with Crippen LogP contribution in [0.15, 0.2) is 22.7 Å². The Bertz CT molecular complexity index is 448. The van der Waals surface area contributed by atoms with E-state index in [2.05, 4.69) is 51.3 Å². The number of hydrogen-bond acceptors (Lipinski definition) is 2. The average molecular weight is 337 g/mol. The summed E-state index contributed by atoms with van der Waals surface area (Å²) in [4.78, 5) is 2.58. The molecule has 0 bridgehead atoms. The molecule has 1 aliphatic carbocycles. The van der Waals surface area contributed by atoms with Gasteiger partial charge in [0.2, 0.25) is 0 Å². The third-order valence-corrected chi connectivity index (χ3v) is 5.23. The number of benzene rings is 1. The van der Waals surface area contributed by atoms with Gasteiger partial charge in [-0.05, 0) is 49.3 Å². The summed E-state index contributed by atoms with van der Waals surface area (Å²) in [6.07, 6.45) is 6.74. The molecule has 0 radical (unpaired) electrons. The highest BCUT2D eigenvalue weighted by molar-refractivity contribution is 9.10. The molecule has 1 aliphatic heterocycles. The van der Waals surface area contributed by atoms with E-state index in [-0.39, 0.29) is 0 Å². The second kappa shape index (κ2) is 6.48. The van der Waals surface area contributed by atoms with E-state index in [0.29, 0.717) is 0 Å². The van der Waals surface area contributed by atoms with E-state index >= 15 is 0 Å². The molecule has 3 heteroatoms. The van der Waals surface area contributed by atoms with Crippen molar-refractivity contribution in [1.82, 2.24) is 5.32 Å². The molecule has 1 saturated carbocycles. The minimum Gasteiger partial charge on any atom is -0.371 e. The molecular formula is C17H25BrN2. The fraction of sp³-hybridized carbons (Fsp3) is 0.647. The van der Waals surface area contributed by atoms with Gasteiger partial charge in [-0.25, -0.2) is 0 Å². The smallest absolute Gasteiger partial charge is 0.0423 e. The molecule has 1 aromatic carbocycles. The number of nitrogens with zero attached hydrogens (tertiary/aromatic N) is 1. The van der Waals surface area contributed by atoms with E-state index < -0.39 is 0 Å². The molecule has 3 rings (SSSR count). The van der Waals surface area contributed by atoms with Gasteiger partial charge in [-0.1, -0.05) is 35.3 Å². The van der Waals surface area contributed by atoms with Crippen LogP contribution < -0.4 is 10.2 Å². The van der Waals surface area contributed by atoms with Crippen molar-refractivity contribution in [2.75, 3.05) is 18.0 Å². The summed E-state index contributed by atoms with van der Waals surface area (Å²) in [5.74, 6) is 0.937. The molecule has 0 spiro atoms. The first-order chi connectivity index (χ1) is 9.76. The molecule has 20 heavy (non-hydrogen) atoms. The van der Waals surface area contributed by atoms with E-state index in [1.54, 1.807) is 0 Å². The van der Waals surface area contributed by atoms with Gasteiger partial charge < -0.3 is 10.2 Å². The Kier molecular flexibility index (Phi) is 4.67. The Balaban J connectivity index is 1.71. The fourth-order valence-corrected chi connectivity index (χ4v) is 3.45. The summed E-state index contributed by atoms with van der Waals surface area (Å²) >= 11 is 3.63. The van der Waals surface area contributed by atoms with Gasteiger partial charge in [0, 0.05) is 35.8 Å². The fourth-order valence-electron chi connectivity index (χ4n) is 3.10. The first-order valence-corrected chi connectivity index (χ1v) is 8.82. The second-order valence-electron chi connectivity index (χ2n) is 6.27. The second-order valence-corrected chi connectivity index (χ2v) is 7.18. The van der Waals surface area contributed by atoms with Crippen molar-refractivity contribution in [1.29, 1.82) is 0 Å². The molecule has 1 N–H and O–H groups in total. The van der Waals surface area contributed by atoms with E-state index in [0.717, 1.165) is 18.5 Å². The lowest BCUT2D eigenvalue weighted by Crippen LogP contribution is -2.34. The van der Waals surface area contributed by atoms with Crippen LogP contribution in [-0.2, 0) is 6.54 Å². The zero-order chi connectivity index (χ0) is 13.9. The molecule has 1 saturated heterocycles. The number of piperidine rings is 1. The van der Waals surface area contributed by atoms with Gasteiger partial charge in [-0.15, -0.1) is 0 Å². The van der Waals surface area contributed by atoms with E-state index in [9.17, 15) is 0 Å². The minimum atomic E-state index is 0.775. The van der Waals surface area contributed by atoms with Gasteiger partial charge in [0.25, 0.3) is 0 Å². The van der Waals surface area contributed by atoms with Gasteiger partial charge in [-0.3, -0.25) is 0 Å². The number of anilines is 1.